The molecule has 0 spiro atoms. The zero-order valence-electron chi connectivity index (χ0n) is 21.7. The lowest BCUT2D eigenvalue weighted by Gasteiger charge is -2.45. The molecule has 0 aromatic heterocycles. The summed E-state index contributed by atoms with van der Waals surface area (Å²) >= 11 is 0. The Bertz CT molecular complexity index is 1320. The molecule has 0 fully saturated rings. The number of quaternary nitrogens is 1. The Morgan fingerprint density at radius 2 is 1.05 bits per heavy atom. The molecule has 0 aliphatic heterocycles. The number of halogens is 9. The molecule has 3 rings (SSSR count). The third-order valence-electron chi connectivity index (χ3n) is 6.54. The Hall–Kier alpha value is -3.59. The number of hydrogen-bond donors (Lipinski definition) is 0. The minimum atomic E-state index is -2.39. The molecule has 0 heterocycles. The van der Waals surface area contributed by atoms with Crippen molar-refractivity contribution in [2.45, 2.75) is 19.6 Å². The summed E-state index contributed by atoms with van der Waals surface area (Å²) < 4.78 is 147. The highest BCUT2D eigenvalue weighted by molar-refractivity contribution is 6.39. The molecule has 3 aromatic carbocycles. The third-order valence-corrected chi connectivity index (χ3v) is 6.54. The Kier molecular flexibility index (Phi) is 8.89. The highest BCUT2D eigenvalue weighted by Crippen LogP contribution is 2.42. The highest BCUT2D eigenvalue weighted by atomic mass is 19.2. The van der Waals surface area contributed by atoms with Crippen molar-refractivity contribution in [1.82, 2.24) is 0 Å². The molecule has 0 saturated carbocycles. The van der Waals surface area contributed by atoms with Crippen LogP contribution in [-0.2, 0) is 10.5 Å². The summed E-state index contributed by atoms with van der Waals surface area (Å²) in [5, 5.41) is 0. The molecule has 0 radical (unpaired) electrons. The van der Waals surface area contributed by atoms with E-state index < -0.39 is 88.2 Å². The summed E-state index contributed by atoms with van der Waals surface area (Å²) in [5.74, 6) is -18.4. The van der Waals surface area contributed by atoms with E-state index in [-0.39, 0.29) is 11.0 Å². The molecule has 0 bridgehead atoms. The lowest BCUT2D eigenvalue weighted by Crippen LogP contribution is -2.57. The summed E-state index contributed by atoms with van der Waals surface area (Å²) in [6.07, 6.45) is 0. The maximum Gasteiger partial charge on any atom is 0.864 e. The van der Waals surface area contributed by atoms with Gasteiger partial charge in [-0.1, -0.05) is 0 Å². The molecule has 0 aliphatic rings. The van der Waals surface area contributed by atoms with Gasteiger partial charge < -0.3 is 18.7 Å². The molecule has 1 unspecified atom stereocenters. The standard InChI is InChI=1S/C25H22BF9NO4/c1-6-36(3,4)25(2,37-5)20-19(11-18(31)23(34)24(20)35)40-26(38-12-7-14(27)21(32)15(28)8-12)39-13-9-16(29)22(33)17(30)10-13/h7-11H,6H2,1-5H3/q+1. The molecule has 0 N–H and O–H groups in total. The van der Waals surface area contributed by atoms with Crippen molar-refractivity contribution in [3.63, 3.8) is 0 Å². The van der Waals surface area contributed by atoms with Crippen LogP contribution in [0, 0.1) is 52.4 Å². The van der Waals surface area contributed by atoms with Crippen LogP contribution in [0.1, 0.15) is 19.4 Å². The molecular formula is C25H22BF9NO4+. The number of methoxy groups -OCH3 is 1. The lowest BCUT2D eigenvalue weighted by molar-refractivity contribution is -0.972. The van der Waals surface area contributed by atoms with Gasteiger partial charge in [0.1, 0.15) is 22.8 Å². The van der Waals surface area contributed by atoms with E-state index >= 15 is 4.39 Å². The van der Waals surface area contributed by atoms with Crippen molar-refractivity contribution in [2.75, 3.05) is 27.7 Å². The van der Waals surface area contributed by atoms with E-state index in [1.54, 1.807) is 21.0 Å². The fourth-order valence-corrected chi connectivity index (χ4v) is 3.65. The Morgan fingerprint density at radius 3 is 1.43 bits per heavy atom. The number of rotatable bonds is 10. The van der Waals surface area contributed by atoms with E-state index in [9.17, 15) is 35.1 Å². The molecule has 0 aliphatic carbocycles. The molecule has 3 aromatic rings. The number of ether oxygens (including phenoxy) is 1. The minimum absolute atomic E-state index is 0.197. The van der Waals surface area contributed by atoms with Crippen LogP contribution < -0.4 is 14.0 Å². The van der Waals surface area contributed by atoms with Crippen LogP contribution in [0.4, 0.5) is 39.5 Å². The smallest absolute Gasteiger partial charge is 0.489 e. The van der Waals surface area contributed by atoms with Gasteiger partial charge in [-0.05, 0) is 6.92 Å². The Labute approximate surface area is 223 Å². The van der Waals surface area contributed by atoms with Gasteiger partial charge in [0.25, 0.3) is 0 Å². The van der Waals surface area contributed by atoms with Gasteiger partial charge in [-0.15, -0.1) is 0 Å². The SMILES string of the molecule is CC[N+](C)(C)C(C)(OC)c1c(OB(Oc2cc(F)c(F)c(F)c2)Oc2cc(F)c(F)c(F)c2)cc(F)c(F)c1F. The predicted octanol–water partition coefficient (Wildman–Crippen LogP) is 6.38. The topological polar surface area (TPSA) is 36.9 Å². The maximum atomic E-state index is 15.3. The quantitative estimate of drug-likeness (QED) is 0.0916. The second kappa shape index (κ2) is 11.5. The van der Waals surface area contributed by atoms with Gasteiger partial charge in [-0.25, -0.2) is 39.5 Å². The van der Waals surface area contributed by atoms with E-state index in [2.05, 4.69) is 0 Å². The Balaban J connectivity index is 2.20. The van der Waals surface area contributed by atoms with Gasteiger partial charge in [-0.3, -0.25) is 4.48 Å². The van der Waals surface area contributed by atoms with Gasteiger partial charge >= 0.3 is 7.32 Å². The first-order chi connectivity index (χ1) is 18.6. The normalized spacial score (nSPS) is 13.2. The van der Waals surface area contributed by atoms with Gasteiger partial charge in [0.15, 0.2) is 52.4 Å². The fraction of sp³-hybridized carbons (Fsp3) is 0.280. The highest BCUT2D eigenvalue weighted by Gasteiger charge is 2.49. The third kappa shape index (κ3) is 5.80. The summed E-state index contributed by atoms with van der Waals surface area (Å²) in [4.78, 5) is 0. The number of nitrogens with zero attached hydrogens (tertiary/aromatic N) is 1. The van der Waals surface area contributed by atoms with Gasteiger partial charge in [0.2, 0.25) is 5.72 Å². The fourth-order valence-electron chi connectivity index (χ4n) is 3.65. The van der Waals surface area contributed by atoms with Crippen LogP contribution in [0.5, 0.6) is 17.2 Å². The number of benzene rings is 3. The van der Waals surface area contributed by atoms with E-state index in [0.717, 1.165) is 7.11 Å². The first kappa shape index (κ1) is 30.9. The average molecular weight is 582 g/mol. The molecule has 216 valence electrons. The van der Waals surface area contributed by atoms with Gasteiger partial charge in [-0.2, -0.15) is 0 Å². The van der Waals surface area contributed by atoms with E-state index in [0.29, 0.717) is 30.3 Å². The van der Waals surface area contributed by atoms with Crippen molar-refractivity contribution >= 4 is 7.32 Å². The first-order valence-corrected chi connectivity index (χ1v) is 11.4. The van der Waals surface area contributed by atoms with Crippen molar-refractivity contribution in [1.29, 1.82) is 0 Å². The monoisotopic (exact) mass is 582 g/mol. The van der Waals surface area contributed by atoms with Crippen LogP contribution in [0.15, 0.2) is 30.3 Å². The minimum Gasteiger partial charge on any atom is -0.489 e. The van der Waals surface area contributed by atoms with Crippen molar-refractivity contribution in [2.24, 2.45) is 0 Å². The summed E-state index contributed by atoms with van der Waals surface area (Å²) in [6, 6.07) is 1.75. The second-order valence-electron chi connectivity index (χ2n) is 9.09. The molecule has 1 atom stereocenters. The van der Waals surface area contributed by atoms with E-state index in [1.165, 1.54) is 6.92 Å². The molecular weight excluding hydrogens is 560 g/mol. The van der Waals surface area contributed by atoms with E-state index in [4.69, 9.17) is 18.7 Å². The van der Waals surface area contributed by atoms with Crippen molar-refractivity contribution in [3.8, 4) is 17.2 Å². The molecule has 0 amide bonds. The molecule has 40 heavy (non-hydrogen) atoms. The molecule has 15 heteroatoms. The van der Waals surface area contributed by atoms with E-state index in [1.807, 2.05) is 0 Å². The summed E-state index contributed by atoms with van der Waals surface area (Å²) in [5.41, 5.74) is -2.50. The molecule has 0 saturated heterocycles. The van der Waals surface area contributed by atoms with Crippen molar-refractivity contribution < 1.29 is 62.7 Å². The van der Waals surface area contributed by atoms with Crippen LogP contribution in [0.25, 0.3) is 0 Å². The van der Waals surface area contributed by atoms with Crippen LogP contribution in [0.2, 0.25) is 0 Å². The summed E-state index contributed by atoms with van der Waals surface area (Å²) in [7, 11) is 1.88. The predicted molar refractivity (Wildman–Crippen MR) is 124 cm³/mol. The lowest BCUT2D eigenvalue weighted by atomic mass is 9.97. The molecule has 5 nitrogen and oxygen atoms in total. The Morgan fingerprint density at radius 1 is 0.650 bits per heavy atom. The first-order valence-electron chi connectivity index (χ1n) is 11.4. The van der Waals surface area contributed by atoms with Crippen LogP contribution in [-0.4, -0.2) is 39.6 Å². The zero-order chi connectivity index (χ0) is 30.2. The van der Waals surface area contributed by atoms with Gasteiger partial charge in [0.05, 0.1) is 20.6 Å². The summed E-state index contributed by atoms with van der Waals surface area (Å²) in [6.45, 7) is 3.26. The van der Waals surface area contributed by atoms with Crippen LogP contribution in [0.3, 0.4) is 0 Å². The maximum absolute atomic E-state index is 15.3. The number of hydrogen-bond acceptors (Lipinski definition) is 4. The largest absolute Gasteiger partial charge is 0.864 e. The zero-order valence-corrected chi connectivity index (χ0v) is 21.7. The second-order valence-corrected chi connectivity index (χ2v) is 9.09. The van der Waals surface area contributed by atoms with Crippen LogP contribution >= 0.6 is 0 Å². The average Bonchev–Trinajstić information content (AvgIpc) is 2.88. The van der Waals surface area contributed by atoms with Gasteiger partial charge in [0, 0.05) is 44.4 Å². The van der Waals surface area contributed by atoms with Crippen molar-refractivity contribution in [3.05, 3.63) is 88.3 Å².